The van der Waals surface area contributed by atoms with Crippen molar-refractivity contribution in [3.63, 3.8) is 0 Å². The summed E-state index contributed by atoms with van der Waals surface area (Å²) in [6.45, 7) is 4.15. The zero-order chi connectivity index (χ0) is 14.0. The first-order chi connectivity index (χ1) is 8.95. The van der Waals surface area contributed by atoms with E-state index in [1.54, 1.807) is 6.92 Å². The molecule has 1 N–H and O–H groups in total. The van der Waals surface area contributed by atoms with Crippen LogP contribution in [0.2, 0.25) is 0 Å². The van der Waals surface area contributed by atoms with Gasteiger partial charge in [-0.2, -0.15) is 4.31 Å². The average molecular weight is 301 g/mol. The molecular formula is C11H15N3O3S2. The van der Waals surface area contributed by atoms with Gasteiger partial charge in [0.25, 0.3) is 10.0 Å². The predicted octanol–water partition coefficient (Wildman–Crippen LogP) is -0.316. The fraction of sp³-hybridized carbons (Fsp3) is 0.545. The molecule has 0 amide bonds. The number of aromatic nitrogens is 1. The molecule has 0 saturated carbocycles. The number of thiazole rings is 1. The van der Waals surface area contributed by atoms with Gasteiger partial charge in [-0.15, -0.1) is 6.42 Å². The van der Waals surface area contributed by atoms with Crippen LogP contribution in [0.4, 0.5) is 0 Å². The van der Waals surface area contributed by atoms with E-state index in [0.29, 0.717) is 38.4 Å². The molecule has 19 heavy (non-hydrogen) atoms. The van der Waals surface area contributed by atoms with Crippen LogP contribution in [-0.4, -0.2) is 55.3 Å². The molecule has 1 saturated heterocycles. The number of aryl methyl sites for hydroxylation is 1. The Morgan fingerprint density at radius 2 is 2.00 bits per heavy atom. The first-order valence-electron chi connectivity index (χ1n) is 5.81. The highest BCUT2D eigenvalue weighted by Crippen LogP contribution is 2.22. The summed E-state index contributed by atoms with van der Waals surface area (Å²) in [5.74, 6) is 2.55. The topological polar surface area (TPSA) is 73.5 Å². The quantitative estimate of drug-likeness (QED) is 0.777. The van der Waals surface area contributed by atoms with Gasteiger partial charge in [-0.25, -0.2) is 8.42 Å². The zero-order valence-corrected chi connectivity index (χ0v) is 12.2. The van der Waals surface area contributed by atoms with Crippen molar-refractivity contribution in [2.45, 2.75) is 11.1 Å². The van der Waals surface area contributed by atoms with Crippen LogP contribution in [0, 0.1) is 19.3 Å². The molecule has 0 unspecified atom stereocenters. The summed E-state index contributed by atoms with van der Waals surface area (Å²) in [5.41, 5.74) is 0.404. The van der Waals surface area contributed by atoms with Gasteiger partial charge in [0.15, 0.2) is 4.21 Å². The number of piperazine rings is 1. The number of hydrogen-bond donors (Lipinski definition) is 1. The second-order valence-corrected chi connectivity index (χ2v) is 7.43. The van der Waals surface area contributed by atoms with E-state index in [0.717, 1.165) is 11.3 Å². The van der Waals surface area contributed by atoms with E-state index in [4.69, 9.17) is 6.42 Å². The van der Waals surface area contributed by atoms with Crippen molar-refractivity contribution in [3.05, 3.63) is 15.4 Å². The number of hydrogen-bond acceptors (Lipinski definition) is 5. The number of nitrogens with zero attached hydrogens (tertiary/aromatic N) is 2. The molecule has 1 aliphatic heterocycles. The van der Waals surface area contributed by atoms with Crippen LogP contribution in [0.25, 0.3) is 0 Å². The van der Waals surface area contributed by atoms with Crippen LogP contribution < -0.4 is 4.87 Å². The first-order valence-corrected chi connectivity index (χ1v) is 8.06. The van der Waals surface area contributed by atoms with E-state index in [1.165, 1.54) is 4.31 Å². The van der Waals surface area contributed by atoms with Gasteiger partial charge in [0.05, 0.1) is 6.54 Å². The molecule has 0 spiro atoms. The SMILES string of the molecule is C#CCN1CCN(S(=O)(=O)c2sc(=O)[nH]c2C)CC1. The lowest BCUT2D eigenvalue weighted by atomic mass is 10.4. The van der Waals surface area contributed by atoms with Crippen molar-refractivity contribution in [1.29, 1.82) is 0 Å². The Bertz CT molecular complexity index is 645. The largest absolute Gasteiger partial charge is 0.315 e. The van der Waals surface area contributed by atoms with E-state index < -0.39 is 10.0 Å². The van der Waals surface area contributed by atoms with Gasteiger partial charge in [-0.05, 0) is 6.92 Å². The summed E-state index contributed by atoms with van der Waals surface area (Å²) in [4.78, 5) is 15.4. The van der Waals surface area contributed by atoms with Crippen molar-refractivity contribution in [2.24, 2.45) is 0 Å². The Hall–Kier alpha value is -1.14. The summed E-state index contributed by atoms with van der Waals surface area (Å²) < 4.78 is 26.3. The summed E-state index contributed by atoms with van der Waals surface area (Å²) in [6, 6.07) is 0. The maximum Gasteiger partial charge on any atom is 0.305 e. The molecule has 6 nitrogen and oxygen atoms in total. The van der Waals surface area contributed by atoms with Gasteiger partial charge in [-0.1, -0.05) is 17.3 Å². The highest BCUT2D eigenvalue weighted by Gasteiger charge is 2.31. The van der Waals surface area contributed by atoms with Crippen LogP contribution in [0.15, 0.2) is 9.00 Å². The highest BCUT2D eigenvalue weighted by atomic mass is 32.2. The van der Waals surface area contributed by atoms with Crippen LogP contribution in [0.3, 0.4) is 0 Å². The maximum atomic E-state index is 12.4. The molecule has 0 aliphatic carbocycles. The lowest BCUT2D eigenvalue weighted by Gasteiger charge is -2.32. The lowest BCUT2D eigenvalue weighted by molar-refractivity contribution is 0.207. The Balaban J connectivity index is 2.17. The standard InChI is InChI=1S/C11H15N3O3S2/c1-3-4-13-5-7-14(8-6-13)19(16,17)10-9(2)12-11(15)18-10/h1H,4-8H2,2H3,(H,12,15). The number of H-pyrrole nitrogens is 1. The van der Waals surface area contributed by atoms with Crippen LogP contribution >= 0.6 is 11.3 Å². The summed E-state index contributed by atoms with van der Waals surface area (Å²) in [7, 11) is -3.57. The Morgan fingerprint density at radius 3 is 2.47 bits per heavy atom. The summed E-state index contributed by atoms with van der Waals surface area (Å²) in [6.07, 6.45) is 5.23. The van der Waals surface area contributed by atoms with Gasteiger partial charge in [0.2, 0.25) is 0 Å². The van der Waals surface area contributed by atoms with Gasteiger partial charge in [-0.3, -0.25) is 9.69 Å². The molecule has 0 atom stereocenters. The molecule has 0 bridgehead atoms. The van der Waals surface area contributed by atoms with Gasteiger partial charge < -0.3 is 4.98 Å². The molecule has 1 aromatic heterocycles. The third kappa shape index (κ3) is 2.90. The van der Waals surface area contributed by atoms with Crippen molar-refractivity contribution >= 4 is 21.4 Å². The molecule has 1 aliphatic rings. The molecule has 0 aromatic carbocycles. The number of rotatable bonds is 3. The number of sulfonamides is 1. The number of aromatic amines is 1. The normalized spacial score (nSPS) is 18.3. The van der Waals surface area contributed by atoms with Crippen LogP contribution in [-0.2, 0) is 10.0 Å². The lowest BCUT2D eigenvalue weighted by Crippen LogP contribution is -2.48. The first kappa shape index (κ1) is 14.3. The Kier molecular flexibility index (Phi) is 4.10. The van der Waals surface area contributed by atoms with Gasteiger partial charge >= 0.3 is 4.87 Å². The van der Waals surface area contributed by atoms with E-state index in [1.807, 2.05) is 4.90 Å². The molecular weight excluding hydrogens is 286 g/mol. The van der Waals surface area contributed by atoms with Gasteiger partial charge in [0.1, 0.15) is 0 Å². The third-order valence-electron chi connectivity index (χ3n) is 3.00. The minimum absolute atomic E-state index is 0.114. The molecule has 2 heterocycles. The molecule has 1 aromatic rings. The summed E-state index contributed by atoms with van der Waals surface area (Å²) in [5, 5.41) is 0. The second kappa shape index (κ2) is 5.46. The van der Waals surface area contributed by atoms with Crippen molar-refractivity contribution in [2.75, 3.05) is 32.7 Å². The zero-order valence-electron chi connectivity index (χ0n) is 10.5. The highest BCUT2D eigenvalue weighted by molar-refractivity contribution is 7.91. The molecule has 104 valence electrons. The predicted molar refractivity (Wildman–Crippen MR) is 73.7 cm³/mol. The number of terminal acetylenes is 1. The van der Waals surface area contributed by atoms with Crippen molar-refractivity contribution < 1.29 is 8.42 Å². The van der Waals surface area contributed by atoms with E-state index >= 15 is 0 Å². The van der Waals surface area contributed by atoms with Crippen molar-refractivity contribution in [1.82, 2.24) is 14.2 Å². The maximum absolute atomic E-state index is 12.4. The van der Waals surface area contributed by atoms with E-state index in [-0.39, 0.29) is 9.08 Å². The minimum atomic E-state index is -3.57. The minimum Gasteiger partial charge on any atom is -0.315 e. The van der Waals surface area contributed by atoms with E-state index in [9.17, 15) is 13.2 Å². The fourth-order valence-electron chi connectivity index (χ4n) is 2.01. The molecule has 8 heteroatoms. The van der Waals surface area contributed by atoms with Crippen LogP contribution in [0.1, 0.15) is 5.69 Å². The molecule has 2 rings (SSSR count). The van der Waals surface area contributed by atoms with Crippen molar-refractivity contribution in [3.8, 4) is 12.3 Å². The monoisotopic (exact) mass is 301 g/mol. The summed E-state index contributed by atoms with van der Waals surface area (Å²) >= 11 is 0.739. The molecule has 1 fully saturated rings. The van der Waals surface area contributed by atoms with Gasteiger partial charge in [0, 0.05) is 31.9 Å². The Morgan fingerprint density at radius 1 is 1.37 bits per heavy atom. The van der Waals surface area contributed by atoms with Crippen LogP contribution in [0.5, 0.6) is 0 Å². The number of nitrogens with one attached hydrogen (secondary N) is 1. The molecule has 0 radical (unpaired) electrons. The third-order valence-corrected chi connectivity index (χ3v) is 6.48. The van der Waals surface area contributed by atoms with E-state index in [2.05, 4.69) is 10.9 Å². The average Bonchev–Trinajstić information content (AvgIpc) is 2.70. The smallest absolute Gasteiger partial charge is 0.305 e. The second-order valence-electron chi connectivity index (χ2n) is 4.31. The fourth-order valence-corrected chi connectivity index (χ4v) is 4.87. The Labute approximate surface area is 116 Å².